The molecular weight excluding hydrogens is 306 g/mol. The van der Waals surface area contributed by atoms with Gasteiger partial charge in [0.15, 0.2) is 0 Å². The fraction of sp³-hybridized carbons (Fsp3) is 0.105. The Bertz CT molecular complexity index is 804. The van der Waals surface area contributed by atoms with Gasteiger partial charge in [-0.05, 0) is 42.8 Å². The number of para-hydroxylation sites is 1. The first-order chi connectivity index (χ1) is 11.6. The SMILES string of the molecule is CCOC(=O)C(C#N)=Cc1cccc(C(=O)Oc2ccccc2)c1. The van der Waals surface area contributed by atoms with Crippen LogP contribution in [0.15, 0.2) is 60.2 Å². The van der Waals surface area contributed by atoms with Gasteiger partial charge < -0.3 is 9.47 Å². The Hall–Kier alpha value is -3.39. The van der Waals surface area contributed by atoms with Crippen LogP contribution in [0.1, 0.15) is 22.8 Å². The van der Waals surface area contributed by atoms with Crippen molar-refractivity contribution in [3.63, 3.8) is 0 Å². The zero-order chi connectivity index (χ0) is 17.4. The van der Waals surface area contributed by atoms with Crippen molar-refractivity contribution in [2.75, 3.05) is 6.61 Å². The molecule has 120 valence electrons. The maximum atomic E-state index is 12.2. The summed E-state index contributed by atoms with van der Waals surface area (Å²) in [5.41, 5.74) is 0.710. The summed E-state index contributed by atoms with van der Waals surface area (Å²) in [5.74, 6) is -0.781. The Morgan fingerprint density at radius 1 is 1.12 bits per heavy atom. The molecule has 2 aromatic carbocycles. The van der Waals surface area contributed by atoms with Crippen molar-refractivity contribution in [2.24, 2.45) is 0 Å². The van der Waals surface area contributed by atoms with Gasteiger partial charge in [-0.3, -0.25) is 0 Å². The molecule has 0 saturated carbocycles. The van der Waals surface area contributed by atoms with Crippen LogP contribution in [0.4, 0.5) is 0 Å². The average molecular weight is 321 g/mol. The van der Waals surface area contributed by atoms with Crippen molar-refractivity contribution in [3.05, 3.63) is 71.3 Å². The van der Waals surface area contributed by atoms with Gasteiger partial charge >= 0.3 is 11.9 Å². The molecule has 5 nitrogen and oxygen atoms in total. The van der Waals surface area contributed by atoms with E-state index in [1.807, 2.05) is 6.07 Å². The lowest BCUT2D eigenvalue weighted by molar-refractivity contribution is -0.137. The Morgan fingerprint density at radius 3 is 2.54 bits per heavy atom. The quantitative estimate of drug-likeness (QED) is 0.365. The fourth-order valence-corrected chi connectivity index (χ4v) is 1.92. The first-order valence-corrected chi connectivity index (χ1v) is 7.30. The number of benzene rings is 2. The maximum absolute atomic E-state index is 12.2. The van der Waals surface area contributed by atoms with Crippen LogP contribution < -0.4 is 4.74 Å². The molecule has 0 spiro atoms. The molecule has 0 heterocycles. The van der Waals surface area contributed by atoms with E-state index >= 15 is 0 Å². The minimum Gasteiger partial charge on any atom is -0.462 e. The van der Waals surface area contributed by atoms with Crippen molar-refractivity contribution in [1.82, 2.24) is 0 Å². The van der Waals surface area contributed by atoms with Gasteiger partial charge in [-0.2, -0.15) is 5.26 Å². The normalized spacial score (nSPS) is 10.6. The van der Waals surface area contributed by atoms with Crippen LogP contribution >= 0.6 is 0 Å². The lowest BCUT2D eigenvalue weighted by Crippen LogP contribution is -2.09. The third-order valence-corrected chi connectivity index (χ3v) is 3.00. The van der Waals surface area contributed by atoms with Gasteiger partial charge in [0.05, 0.1) is 12.2 Å². The van der Waals surface area contributed by atoms with Gasteiger partial charge in [0.2, 0.25) is 0 Å². The standard InChI is InChI=1S/C19H15NO4/c1-2-23-18(21)16(13-20)12-14-7-6-8-15(11-14)19(22)24-17-9-4-3-5-10-17/h3-12H,2H2,1H3. The molecule has 0 unspecified atom stereocenters. The van der Waals surface area contributed by atoms with Crippen LogP contribution in [0.5, 0.6) is 5.75 Å². The molecule has 0 saturated heterocycles. The zero-order valence-electron chi connectivity index (χ0n) is 13.1. The molecule has 0 bridgehead atoms. The number of esters is 2. The maximum Gasteiger partial charge on any atom is 0.348 e. The summed E-state index contributed by atoms with van der Waals surface area (Å²) in [6.45, 7) is 1.84. The molecule has 5 heteroatoms. The van der Waals surface area contributed by atoms with Crippen molar-refractivity contribution in [2.45, 2.75) is 6.92 Å². The predicted octanol–water partition coefficient (Wildman–Crippen LogP) is 3.38. The second-order valence-electron chi connectivity index (χ2n) is 4.72. The largest absolute Gasteiger partial charge is 0.462 e. The number of nitriles is 1. The molecule has 0 aromatic heterocycles. The molecule has 0 N–H and O–H groups in total. The van der Waals surface area contributed by atoms with E-state index < -0.39 is 11.9 Å². The molecule has 2 aromatic rings. The van der Waals surface area contributed by atoms with Gasteiger partial charge in [-0.25, -0.2) is 9.59 Å². The third-order valence-electron chi connectivity index (χ3n) is 3.00. The molecule has 0 aliphatic heterocycles. The molecule has 0 aliphatic rings. The van der Waals surface area contributed by atoms with Crippen LogP contribution in [0.25, 0.3) is 6.08 Å². The van der Waals surface area contributed by atoms with Crippen LogP contribution in [0.2, 0.25) is 0 Å². The number of rotatable bonds is 5. The van der Waals surface area contributed by atoms with Crippen LogP contribution in [0, 0.1) is 11.3 Å². The van der Waals surface area contributed by atoms with E-state index in [9.17, 15) is 9.59 Å². The number of ether oxygens (including phenoxy) is 2. The summed E-state index contributed by atoms with van der Waals surface area (Å²) in [6, 6.07) is 17.0. The highest BCUT2D eigenvalue weighted by molar-refractivity contribution is 5.98. The van der Waals surface area contributed by atoms with Crippen LogP contribution in [0.3, 0.4) is 0 Å². The zero-order valence-corrected chi connectivity index (χ0v) is 13.1. The van der Waals surface area contributed by atoms with E-state index in [4.69, 9.17) is 14.7 Å². The van der Waals surface area contributed by atoms with E-state index in [2.05, 4.69) is 0 Å². The molecule has 0 radical (unpaired) electrons. The van der Waals surface area contributed by atoms with Crippen LogP contribution in [-0.2, 0) is 9.53 Å². The fourth-order valence-electron chi connectivity index (χ4n) is 1.92. The number of carbonyl (C=O) groups is 2. The highest BCUT2D eigenvalue weighted by Gasteiger charge is 2.12. The second-order valence-corrected chi connectivity index (χ2v) is 4.72. The van der Waals surface area contributed by atoms with E-state index in [1.54, 1.807) is 61.5 Å². The number of nitrogens with zero attached hydrogens (tertiary/aromatic N) is 1. The van der Waals surface area contributed by atoms with E-state index in [0.717, 1.165) is 0 Å². The van der Waals surface area contributed by atoms with Gasteiger partial charge in [0, 0.05) is 0 Å². The number of hydrogen-bond acceptors (Lipinski definition) is 5. The molecule has 0 atom stereocenters. The molecule has 0 aliphatic carbocycles. The van der Waals surface area contributed by atoms with E-state index in [-0.39, 0.29) is 12.2 Å². The topological polar surface area (TPSA) is 76.4 Å². The summed E-state index contributed by atoms with van der Waals surface area (Å²) in [5, 5.41) is 9.05. The van der Waals surface area contributed by atoms with Gasteiger partial charge in [0.25, 0.3) is 0 Å². The highest BCUT2D eigenvalue weighted by Crippen LogP contribution is 2.15. The average Bonchev–Trinajstić information content (AvgIpc) is 2.61. The third kappa shape index (κ3) is 4.55. The monoisotopic (exact) mass is 321 g/mol. The smallest absolute Gasteiger partial charge is 0.348 e. The highest BCUT2D eigenvalue weighted by atomic mass is 16.5. The predicted molar refractivity (Wildman–Crippen MR) is 88.1 cm³/mol. The van der Waals surface area contributed by atoms with E-state index in [1.165, 1.54) is 6.08 Å². The lowest BCUT2D eigenvalue weighted by Gasteiger charge is -2.05. The Morgan fingerprint density at radius 2 is 1.88 bits per heavy atom. The summed E-state index contributed by atoms with van der Waals surface area (Å²) in [6.07, 6.45) is 1.37. The molecular formula is C19H15NO4. The van der Waals surface area contributed by atoms with Crippen molar-refractivity contribution in [3.8, 4) is 11.8 Å². The van der Waals surface area contributed by atoms with Crippen molar-refractivity contribution >= 4 is 18.0 Å². The Kier molecular flexibility index (Phi) is 5.87. The molecule has 2 rings (SSSR count). The lowest BCUT2D eigenvalue weighted by atomic mass is 10.1. The number of hydrogen-bond donors (Lipinski definition) is 0. The van der Waals surface area contributed by atoms with Crippen molar-refractivity contribution in [1.29, 1.82) is 5.26 Å². The van der Waals surface area contributed by atoms with Crippen molar-refractivity contribution < 1.29 is 19.1 Å². The molecule has 0 amide bonds. The minimum absolute atomic E-state index is 0.134. The summed E-state index contributed by atoms with van der Waals surface area (Å²) < 4.78 is 10.1. The summed E-state index contributed by atoms with van der Waals surface area (Å²) in [4.78, 5) is 23.8. The minimum atomic E-state index is -0.697. The Balaban J connectivity index is 2.21. The van der Waals surface area contributed by atoms with Gasteiger partial charge in [0.1, 0.15) is 17.4 Å². The summed E-state index contributed by atoms with van der Waals surface area (Å²) >= 11 is 0. The van der Waals surface area contributed by atoms with E-state index in [0.29, 0.717) is 16.9 Å². The molecule has 24 heavy (non-hydrogen) atoms. The number of carbonyl (C=O) groups excluding carboxylic acids is 2. The first-order valence-electron chi connectivity index (χ1n) is 7.30. The summed E-state index contributed by atoms with van der Waals surface area (Å²) in [7, 11) is 0. The van der Waals surface area contributed by atoms with Gasteiger partial charge in [-0.15, -0.1) is 0 Å². The van der Waals surface area contributed by atoms with Gasteiger partial charge in [-0.1, -0.05) is 30.3 Å². The Labute approximate surface area is 139 Å². The second kappa shape index (κ2) is 8.30. The molecule has 0 fully saturated rings. The first kappa shape index (κ1) is 17.0. The van der Waals surface area contributed by atoms with Crippen LogP contribution in [-0.4, -0.2) is 18.5 Å².